The number of rotatable bonds is 4. The Morgan fingerprint density at radius 2 is 2.00 bits per heavy atom. The molecule has 0 radical (unpaired) electrons. The van der Waals surface area contributed by atoms with Gasteiger partial charge in [0, 0.05) is 6.07 Å². The van der Waals surface area contributed by atoms with Crippen LogP contribution >= 0.6 is 0 Å². The molecule has 1 amide bonds. The lowest BCUT2D eigenvalue weighted by atomic mass is 10.1. The number of ether oxygens (including phenoxy) is 1. The number of carbonyl (C=O) groups excluding carboxylic acids is 1. The van der Waals surface area contributed by atoms with Gasteiger partial charge in [-0.3, -0.25) is 10.1 Å². The minimum atomic E-state index is -0.591. The Morgan fingerprint density at radius 3 is 2.71 bits per heavy atom. The van der Waals surface area contributed by atoms with Crippen LogP contribution in [-0.2, 0) is 11.3 Å². The Balaban J connectivity index is 1.85. The van der Waals surface area contributed by atoms with Gasteiger partial charge in [-0.25, -0.2) is 4.79 Å². The number of hydrogen-bond donors (Lipinski definition) is 1. The molecule has 0 saturated heterocycles. The minimum absolute atomic E-state index is 0.0403. The second kappa shape index (κ2) is 8.34. The Morgan fingerprint density at radius 1 is 1.25 bits per heavy atom. The topological polar surface area (TPSA) is 81.5 Å². The smallest absolute Gasteiger partial charge is 0.408 e. The van der Waals surface area contributed by atoms with Crippen LogP contribution in [0.2, 0.25) is 0 Å². The monoisotopic (exact) mass is 324 g/mol. The molecule has 0 aromatic heterocycles. The summed E-state index contributed by atoms with van der Waals surface area (Å²) in [7, 11) is 0. The second-order valence-corrected chi connectivity index (χ2v) is 4.99. The van der Waals surface area contributed by atoms with Gasteiger partial charge in [-0.1, -0.05) is 48.2 Å². The molecule has 0 aliphatic heterocycles. The number of nitro benzene ring substituents is 1. The molecule has 0 aliphatic carbocycles. The van der Waals surface area contributed by atoms with Crippen molar-refractivity contribution in [3.63, 3.8) is 0 Å². The Bertz CT molecular complexity index is 792. The quantitative estimate of drug-likeness (QED) is 0.532. The molecule has 0 atom stereocenters. The molecule has 2 rings (SSSR count). The van der Waals surface area contributed by atoms with Crippen molar-refractivity contribution in [2.45, 2.75) is 13.5 Å². The first-order chi connectivity index (χ1) is 11.6. The number of carbonyl (C=O) groups is 1. The van der Waals surface area contributed by atoms with Crippen molar-refractivity contribution in [3.8, 4) is 11.8 Å². The summed E-state index contributed by atoms with van der Waals surface area (Å²) >= 11 is 0. The lowest BCUT2D eigenvalue weighted by Gasteiger charge is -2.04. The van der Waals surface area contributed by atoms with Gasteiger partial charge in [0.05, 0.1) is 11.5 Å². The van der Waals surface area contributed by atoms with Crippen LogP contribution in [0.15, 0.2) is 48.5 Å². The molecule has 0 heterocycles. The van der Waals surface area contributed by atoms with Crippen molar-refractivity contribution < 1.29 is 14.5 Å². The van der Waals surface area contributed by atoms with Crippen molar-refractivity contribution in [1.82, 2.24) is 5.32 Å². The third-order valence-corrected chi connectivity index (χ3v) is 3.11. The Hall–Kier alpha value is -3.33. The summed E-state index contributed by atoms with van der Waals surface area (Å²) in [6.45, 7) is 1.98. The van der Waals surface area contributed by atoms with Crippen molar-refractivity contribution in [2.75, 3.05) is 6.54 Å². The highest BCUT2D eigenvalue weighted by Gasteiger charge is 2.11. The van der Waals surface area contributed by atoms with Crippen molar-refractivity contribution in [2.24, 2.45) is 0 Å². The lowest BCUT2D eigenvalue weighted by Crippen LogP contribution is -2.24. The SMILES string of the molecule is Cc1ccc(C#CCNC(=O)OCc2ccccc2)c([N+](=O)[O-])c1. The Labute approximate surface area is 139 Å². The molecular formula is C18H16N2O4. The summed E-state index contributed by atoms with van der Waals surface area (Å²) in [5.41, 5.74) is 1.93. The van der Waals surface area contributed by atoms with E-state index in [1.54, 1.807) is 19.1 Å². The van der Waals surface area contributed by atoms with Crippen LogP contribution in [0.3, 0.4) is 0 Å². The van der Waals surface area contributed by atoms with E-state index in [0.29, 0.717) is 5.56 Å². The average Bonchev–Trinajstić information content (AvgIpc) is 2.58. The fourth-order valence-corrected chi connectivity index (χ4v) is 1.93. The van der Waals surface area contributed by atoms with Gasteiger partial charge in [0.2, 0.25) is 0 Å². The largest absolute Gasteiger partial charge is 0.445 e. The van der Waals surface area contributed by atoms with Crippen LogP contribution in [0.25, 0.3) is 0 Å². The van der Waals surface area contributed by atoms with E-state index in [9.17, 15) is 14.9 Å². The molecule has 0 aliphatic rings. The van der Waals surface area contributed by atoms with Crippen molar-refractivity contribution in [3.05, 3.63) is 75.3 Å². The maximum Gasteiger partial charge on any atom is 0.408 e. The molecule has 24 heavy (non-hydrogen) atoms. The average molecular weight is 324 g/mol. The van der Waals surface area contributed by atoms with Crippen molar-refractivity contribution in [1.29, 1.82) is 0 Å². The second-order valence-electron chi connectivity index (χ2n) is 4.99. The summed E-state index contributed by atoms with van der Waals surface area (Å²) in [5.74, 6) is 5.37. The summed E-state index contributed by atoms with van der Waals surface area (Å²) in [4.78, 5) is 22.0. The van der Waals surface area contributed by atoms with Crippen LogP contribution in [0.1, 0.15) is 16.7 Å². The molecule has 6 nitrogen and oxygen atoms in total. The normalized spacial score (nSPS) is 9.54. The first-order valence-corrected chi connectivity index (χ1v) is 7.25. The van der Waals surface area contributed by atoms with Crippen molar-refractivity contribution >= 4 is 11.8 Å². The van der Waals surface area contributed by atoms with Gasteiger partial charge in [0.1, 0.15) is 12.2 Å². The maximum atomic E-state index is 11.5. The van der Waals surface area contributed by atoms with Gasteiger partial charge in [0.15, 0.2) is 0 Å². The van der Waals surface area contributed by atoms with Crippen LogP contribution < -0.4 is 5.32 Å². The predicted molar refractivity (Wildman–Crippen MR) is 89.3 cm³/mol. The highest BCUT2D eigenvalue weighted by atomic mass is 16.6. The van der Waals surface area contributed by atoms with Crippen LogP contribution in [0, 0.1) is 28.9 Å². The minimum Gasteiger partial charge on any atom is -0.445 e. The number of benzene rings is 2. The maximum absolute atomic E-state index is 11.5. The number of alkyl carbamates (subject to hydrolysis) is 1. The molecule has 0 unspecified atom stereocenters. The summed E-state index contributed by atoms with van der Waals surface area (Å²) in [5, 5.41) is 13.5. The first kappa shape index (κ1) is 17.0. The zero-order valence-electron chi connectivity index (χ0n) is 13.1. The number of nitrogens with zero attached hydrogens (tertiary/aromatic N) is 1. The zero-order valence-corrected chi connectivity index (χ0v) is 13.1. The summed E-state index contributed by atoms with van der Waals surface area (Å²) in [6.07, 6.45) is -0.591. The fourth-order valence-electron chi connectivity index (χ4n) is 1.93. The van der Waals surface area contributed by atoms with Gasteiger partial charge in [-0.2, -0.15) is 0 Å². The molecule has 0 spiro atoms. The third kappa shape index (κ3) is 5.14. The number of hydrogen-bond acceptors (Lipinski definition) is 4. The van der Waals surface area contributed by atoms with Crippen LogP contribution in [-0.4, -0.2) is 17.6 Å². The lowest BCUT2D eigenvalue weighted by molar-refractivity contribution is -0.385. The fraction of sp³-hybridized carbons (Fsp3) is 0.167. The van der Waals surface area contributed by atoms with Gasteiger partial charge in [-0.05, 0) is 24.1 Å². The van der Waals surface area contributed by atoms with E-state index >= 15 is 0 Å². The molecule has 0 bridgehead atoms. The van der Waals surface area contributed by atoms with Gasteiger partial charge < -0.3 is 10.1 Å². The van der Waals surface area contributed by atoms with E-state index in [1.807, 2.05) is 30.3 Å². The van der Waals surface area contributed by atoms with Crippen LogP contribution in [0.4, 0.5) is 10.5 Å². The predicted octanol–water partition coefficient (Wildman–Crippen LogP) is 3.18. The molecule has 2 aromatic rings. The number of nitrogens with one attached hydrogen (secondary N) is 1. The Kier molecular flexibility index (Phi) is 5.92. The molecule has 0 fully saturated rings. The van der Waals surface area contributed by atoms with E-state index in [-0.39, 0.29) is 18.8 Å². The van der Waals surface area contributed by atoms with E-state index in [4.69, 9.17) is 4.74 Å². The molecule has 2 aromatic carbocycles. The number of amides is 1. The molecule has 1 N–H and O–H groups in total. The molecule has 0 saturated carbocycles. The zero-order chi connectivity index (χ0) is 17.4. The van der Waals surface area contributed by atoms with Crippen LogP contribution in [0.5, 0.6) is 0 Å². The van der Waals surface area contributed by atoms with E-state index < -0.39 is 11.0 Å². The van der Waals surface area contributed by atoms with Gasteiger partial charge >= 0.3 is 6.09 Å². The highest BCUT2D eigenvalue weighted by molar-refractivity contribution is 5.67. The van der Waals surface area contributed by atoms with E-state index in [2.05, 4.69) is 17.2 Å². The summed E-state index contributed by atoms with van der Waals surface area (Å²) in [6, 6.07) is 14.1. The van der Waals surface area contributed by atoms with E-state index in [0.717, 1.165) is 11.1 Å². The number of nitro groups is 1. The number of aryl methyl sites for hydroxylation is 1. The van der Waals surface area contributed by atoms with Gasteiger partial charge in [0.25, 0.3) is 5.69 Å². The first-order valence-electron chi connectivity index (χ1n) is 7.25. The molecular weight excluding hydrogens is 308 g/mol. The standard InChI is InChI=1S/C18H16N2O4/c1-14-9-10-16(17(12-14)20(22)23)8-5-11-19-18(21)24-13-15-6-3-2-4-7-15/h2-4,6-7,9-10,12H,11,13H2,1H3,(H,19,21). The molecule has 6 heteroatoms. The highest BCUT2D eigenvalue weighted by Crippen LogP contribution is 2.18. The van der Waals surface area contributed by atoms with E-state index in [1.165, 1.54) is 6.07 Å². The third-order valence-electron chi connectivity index (χ3n) is 3.11. The summed E-state index contributed by atoms with van der Waals surface area (Å²) < 4.78 is 5.03. The molecule has 122 valence electrons. The van der Waals surface area contributed by atoms with Gasteiger partial charge in [-0.15, -0.1) is 0 Å².